The van der Waals surface area contributed by atoms with Crippen LogP contribution in [0.1, 0.15) is 5.69 Å². The molecule has 1 heterocycles. The van der Waals surface area contributed by atoms with Crippen LogP contribution in [0.4, 0.5) is 0 Å². The minimum Gasteiger partial charge on any atom is -0.423 e. The number of hydrogen-bond donors (Lipinski definition) is 3. The molecular formula is C6H8BNO3. The first-order valence-electron chi connectivity index (χ1n) is 3.16. The lowest BCUT2D eigenvalue weighted by atomic mass is 9.81. The molecule has 0 radical (unpaired) electrons. The molecule has 58 valence electrons. The molecule has 1 aromatic rings. The van der Waals surface area contributed by atoms with Gasteiger partial charge in [-0.3, -0.25) is 4.98 Å². The van der Waals surface area contributed by atoms with Gasteiger partial charge in [0.25, 0.3) is 0 Å². The van der Waals surface area contributed by atoms with Gasteiger partial charge < -0.3 is 15.2 Å². The zero-order valence-corrected chi connectivity index (χ0v) is 5.81. The second-order valence-corrected chi connectivity index (χ2v) is 2.11. The first-order chi connectivity index (χ1) is 5.24. The van der Waals surface area contributed by atoms with E-state index in [-0.39, 0.29) is 6.61 Å². The van der Waals surface area contributed by atoms with Crippen molar-refractivity contribution >= 4 is 12.6 Å². The van der Waals surface area contributed by atoms with Gasteiger partial charge in [-0.15, -0.1) is 0 Å². The molecule has 1 rings (SSSR count). The Morgan fingerprint density at radius 2 is 2.18 bits per heavy atom. The maximum absolute atomic E-state index is 8.69. The Morgan fingerprint density at radius 1 is 1.45 bits per heavy atom. The maximum Gasteiger partial charge on any atom is 0.488 e. The van der Waals surface area contributed by atoms with Crippen molar-refractivity contribution in [2.24, 2.45) is 0 Å². The van der Waals surface area contributed by atoms with Crippen molar-refractivity contribution in [3.8, 4) is 0 Å². The van der Waals surface area contributed by atoms with E-state index < -0.39 is 7.12 Å². The highest BCUT2D eigenvalue weighted by molar-refractivity contribution is 6.58. The van der Waals surface area contributed by atoms with E-state index in [1.165, 1.54) is 18.3 Å². The van der Waals surface area contributed by atoms with Crippen molar-refractivity contribution in [1.82, 2.24) is 4.98 Å². The van der Waals surface area contributed by atoms with Gasteiger partial charge in [-0.2, -0.15) is 0 Å². The number of nitrogens with zero attached hydrogens (tertiary/aromatic N) is 1. The van der Waals surface area contributed by atoms with E-state index in [0.717, 1.165) is 0 Å². The molecule has 0 aliphatic carbocycles. The van der Waals surface area contributed by atoms with Gasteiger partial charge in [-0.25, -0.2) is 0 Å². The van der Waals surface area contributed by atoms with Gasteiger partial charge in [0, 0.05) is 6.20 Å². The fraction of sp³-hybridized carbons (Fsp3) is 0.167. The number of aliphatic hydroxyl groups excluding tert-OH is 1. The SMILES string of the molecule is OCc1cc(B(O)O)ccn1. The van der Waals surface area contributed by atoms with Gasteiger partial charge in [0.2, 0.25) is 0 Å². The monoisotopic (exact) mass is 153 g/mol. The van der Waals surface area contributed by atoms with E-state index in [2.05, 4.69) is 4.98 Å². The molecule has 0 atom stereocenters. The third-order valence-electron chi connectivity index (χ3n) is 1.30. The third-order valence-corrected chi connectivity index (χ3v) is 1.30. The van der Waals surface area contributed by atoms with E-state index in [4.69, 9.17) is 15.2 Å². The largest absolute Gasteiger partial charge is 0.488 e. The zero-order chi connectivity index (χ0) is 8.27. The highest BCUT2D eigenvalue weighted by Crippen LogP contribution is 1.90. The summed E-state index contributed by atoms with van der Waals surface area (Å²) in [6, 6.07) is 2.91. The van der Waals surface area contributed by atoms with E-state index >= 15 is 0 Å². The fourth-order valence-electron chi connectivity index (χ4n) is 0.744. The van der Waals surface area contributed by atoms with Gasteiger partial charge in [-0.05, 0) is 17.6 Å². The smallest absolute Gasteiger partial charge is 0.423 e. The summed E-state index contributed by atoms with van der Waals surface area (Å²) in [5.74, 6) is 0. The molecule has 0 amide bonds. The molecule has 0 aromatic carbocycles. The molecule has 0 aliphatic heterocycles. The van der Waals surface area contributed by atoms with E-state index in [9.17, 15) is 0 Å². The van der Waals surface area contributed by atoms with Gasteiger partial charge in [0.05, 0.1) is 12.3 Å². The predicted octanol–water partition coefficient (Wildman–Crippen LogP) is -1.75. The minimum atomic E-state index is -1.50. The Bertz CT molecular complexity index is 241. The Labute approximate surface area is 64.3 Å². The first kappa shape index (κ1) is 8.19. The molecule has 0 saturated carbocycles. The summed E-state index contributed by atoms with van der Waals surface area (Å²) in [5, 5.41) is 26.0. The predicted molar refractivity (Wildman–Crippen MR) is 40.0 cm³/mol. The van der Waals surface area contributed by atoms with Crippen LogP contribution in [0.25, 0.3) is 0 Å². The lowest BCUT2D eigenvalue weighted by Crippen LogP contribution is -2.30. The molecule has 4 nitrogen and oxygen atoms in total. The molecule has 5 heteroatoms. The normalized spacial score (nSPS) is 9.73. The van der Waals surface area contributed by atoms with Gasteiger partial charge >= 0.3 is 7.12 Å². The van der Waals surface area contributed by atoms with Crippen LogP contribution in [0, 0.1) is 0 Å². The van der Waals surface area contributed by atoms with Gasteiger partial charge in [0.1, 0.15) is 0 Å². The van der Waals surface area contributed by atoms with Crippen molar-refractivity contribution in [2.45, 2.75) is 6.61 Å². The van der Waals surface area contributed by atoms with Crippen LogP contribution in [-0.4, -0.2) is 27.3 Å². The molecule has 0 aliphatic rings. The number of rotatable bonds is 2. The number of aliphatic hydroxyl groups is 1. The second-order valence-electron chi connectivity index (χ2n) is 2.11. The Kier molecular flexibility index (Phi) is 2.59. The Hall–Kier alpha value is -0.905. The van der Waals surface area contributed by atoms with Crippen LogP contribution in [0.3, 0.4) is 0 Å². The molecule has 0 bridgehead atoms. The highest BCUT2D eigenvalue weighted by Gasteiger charge is 2.10. The molecule has 3 N–H and O–H groups in total. The van der Waals surface area contributed by atoms with Crippen LogP contribution < -0.4 is 5.46 Å². The van der Waals surface area contributed by atoms with Crippen molar-refractivity contribution in [1.29, 1.82) is 0 Å². The van der Waals surface area contributed by atoms with Crippen LogP contribution in [0.5, 0.6) is 0 Å². The van der Waals surface area contributed by atoms with Crippen molar-refractivity contribution < 1.29 is 15.2 Å². The summed E-state index contributed by atoms with van der Waals surface area (Å²) in [5.41, 5.74) is 0.764. The van der Waals surface area contributed by atoms with Crippen molar-refractivity contribution in [2.75, 3.05) is 0 Å². The summed E-state index contributed by atoms with van der Waals surface area (Å²) in [6.07, 6.45) is 1.42. The summed E-state index contributed by atoms with van der Waals surface area (Å²) in [7, 11) is -1.50. The third kappa shape index (κ3) is 2.01. The quantitative estimate of drug-likeness (QED) is 0.440. The van der Waals surface area contributed by atoms with Crippen LogP contribution >= 0.6 is 0 Å². The lowest BCUT2D eigenvalue weighted by molar-refractivity contribution is 0.277. The molecule has 11 heavy (non-hydrogen) atoms. The standard InChI is InChI=1S/C6H8BNO3/c9-4-6-3-5(7(10)11)1-2-8-6/h1-3,9-11H,4H2. The van der Waals surface area contributed by atoms with Crippen molar-refractivity contribution in [3.05, 3.63) is 24.0 Å². The van der Waals surface area contributed by atoms with Crippen molar-refractivity contribution in [3.63, 3.8) is 0 Å². The number of pyridine rings is 1. The van der Waals surface area contributed by atoms with E-state index in [1.54, 1.807) is 0 Å². The molecule has 1 aromatic heterocycles. The second kappa shape index (κ2) is 3.48. The van der Waals surface area contributed by atoms with Gasteiger partial charge in [0.15, 0.2) is 0 Å². The summed E-state index contributed by atoms with van der Waals surface area (Å²) in [6.45, 7) is -0.194. The molecule has 0 spiro atoms. The number of aromatic nitrogens is 1. The summed E-state index contributed by atoms with van der Waals surface area (Å²) < 4.78 is 0. The van der Waals surface area contributed by atoms with Gasteiger partial charge in [-0.1, -0.05) is 0 Å². The summed E-state index contributed by atoms with van der Waals surface area (Å²) in [4.78, 5) is 3.77. The van der Waals surface area contributed by atoms with E-state index in [0.29, 0.717) is 11.2 Å². The molecule has 0 saturated heterocycles. The molecule has 0 unspecified atom stereocenters. The fourth-order valence-corrected chi connectivity index (χ4v) is 0.744. The minimum absolute atomic E-state index is 0.194. The lowest BCUT2D eigenvalue weighted by Gasteiger charge is -1.99. The average molecular weight is 153 g/mol. The van der Waals surface area contributed by atoms with Crippen LogP contribution in [0.15, 0.2) is 18.3 Å². The summed E-state index contributed by atoms with van der Waals surface area (Å²) >= 11 is 0. The van der Waals surface area contributed by atoms with E-state index in [1.807, 2.05) is 0 Å². The maximum atomic E-state index is 8.69. The van der Waals surface area contributed by atoms with Crippen LogP contribution in [0.2, 0.25) is 0 Å². The average Bonchev–Trinajstić information content (AvgIpc) is 2.05. The topological polar surface area (TPSA) is 73.6 Å². The zero-order valence-electron chi connectivity index (χ0n) is 5.81. The Balaban J connectivity index is 2.91. The molecular weight excluding hydrogens is 145 g/mol. The highest BCUT2D eigenvalue weighted by atomic mass is 16.4. The molecule has 0 fully saturated rings. The number of hydrogen-bond acceptors (Lipinski definition) is 4. The Morgan fingerprint density at radius 3 is 2.73 bits per heavy atom. The first-order valence-corrected chi connectivity index (χ1v) is 3.16. The van der Waals surface area contributed by atoms with Crippen LogP contribution in [-0.2, 0) is 6.61 Å².